The average Bonchev–Trinajstić information content (AvgIpc) is 3.38. The molecule has 2 N–H and O–H groups in total. The van der Waals surface area contributed by atoms with Crippen molar-refractivity contribution < 1.29 is 9.32 Å². The zero-order valence-corrected chi connectivity index (χ0v) is 15.2. The van der Waals surface area contributed by atoms with Gasteiger partial charge in [-0.15, -0.1) is 0 Å². The molecule has 1 fully saturated rings. The molecular formula is C19H26N4O2. The third-order valence-corrected chi connectivity index (χ3v) is 4.59. The first kappa shape index (κ1) is 17.5. The predicted molar refractivity (Wildman–Crippen MR) is 96.7 cm³/mol. The van der Waals surface area contributed by atoms with Crippen LogP contribution in [0.3, 0.4) is 0 Å². The van der Waals surface area contributed by atoms with Crippen LogP contribution in [0.1, 0.15) is 67.9 Å². The second-order valence-electron chi connectivity index (χ2n) is 6.48. The number of carbonyl (C=O) groups is 1. The largest absolute Gasteiger partial charge is 0.339 e. The molecule has 0 bridgehead atoms. The van der Waals surface area contributed by atoms with Gasteiger partial charge in [0.25, 0.3) is 0 Å². The topological polar surface area (TPSA) is 80.0 Å². The standard InChI is InChI=1S/C19H26N4O2/c1-4-12-9-13(5-2)17(14(6-3)10-12)22-19(24)20-11-16-21-18(25-23-16)15-7-8-15/h9-10,15H,4-8,11H2,1-3H3,(H2,20,22,24). The highest BCUT2D eigenvalue weighted by atomic mass is 16.5. The van der Waals surface area contributed by atoms with E-state index in [0.29, 0.717) is 17.6 Å². The van der Waals surface area contributed by atoms with E-state index in [1.54, 1.807) is 0 Å². The van der Waals surface area contributed by atoms with E-state index in [0.717, 1.165) is 37.8 Å². The second-order valence-corrected chi connectivity index (χ2v) is 6.48. The van der Waals surface area contributed by atoms with E-state index < -0.39 is 0 Å². The Kier molecular flexibility index (Phi) is 5.36. The first-order valence-corrected chi connectivity index (χ1v) is 9.16. The number of nitrogens with zero attached hydrogens (tertiary/aromatic N) is 2. The Bertz CT molecular complexity index is 725. The molecule has 3 rings (SSSR count). The van der Waals surface area contributed by atoms with Crippen molar-refractivity contribution in [3.8, 4) is 0 Å². The second kappa shape index (κ2) is 7.68. The van der Waals surface area contributed by atoms with Gasteiger partial charge >= 0.3 is 6.03 Å². The number of aryl methyl sites for hydroxylation is 3. The van der Waals surface area contributed by atoms with Crippen LogP contribution in [0.4, 0.5) is 10.5 Å². The number of rotatable bonds is 7. The Morgan fingerprint density at radius 2 is 1.84 bits per heavy atom. The first-order valence-electron chi connectivity index (χ1n) is 9.16. The third-order valence-electron chi connectivity index (χ3n) is 4.59. The Morgan fingerprint density at radius 3 is 2.40 bits per heavy atom. The minimum Gasteiger partial charge on any atom is -0.339 e. The first-order chi connectivity index (χ1) is 12.1. The molecule has 0 spiro atoms. The van der Waals surface area contributed by atoms with Crippen LogP contribution in [0.5, 0.6) is 0 Å². The highest BCUT2D eigenvalue weighted by molar-refractivity contribution is 5.91. The van der Waals surface area contributed by atoms with Gasteiger partial charge in [0.2, 0.25) is 5.89 Å². The van der Waals surface area contributed by atoms with Gasteiger partial charge in [-0.3, -0.25) is 0 Å². The fourth-order valence-electron chi connectivity index (χ4n) is 2.91. The van der Waals surface area contributed by atoms with Crippen molar-refractivity contribution in [2.45, 2.75) is 65.3 Å². The summed E-state index contributed by atoms with van der Waals surface area (Å²) in [5, 5.41) is 9.74. The van der Waals surface area contributed by atoms with E-state index in [9.17, 15) is 4.79 Å². The van der Waals surface area contributed by atoms with Crippen LogP contribution < -0.4 is 10.6 Å². The molecule has 25 heavy (non-hydrogen) atoms. The molecule has 1 aromatic heterocycles. The normalized spacial score (nSPS) is 13.7. The summed E-state index contributed by atoms with van der Waals surface area (Å²) in [6.07, 6.45) is 4.98. The van der Waals surface area contributed by atoms with Crippen LogP contribution in [-0.2, 0) is 25.8 Å². The summed E-state index contributed by atoms with van der Waals surface area (Å²) in [6, 6.07) is 4.11. The molecule has 1 aromatic carbocycles. The van der Waals surface area contributed by atoms with Gasteiger partial charge in [-0.25, -0.2) is 4.79 Å². The lowest BCUT2D eigenvalue weighted by atomic mass is 9.98. The summed E-state index contributed by atoms with van der Waals surface area (Å²) in [5.74, 6) is 1.63. The van der Waals surface area contributed by atoms with Gasteiger partial charge in [0, 0.05) is 11.6 Å². The molecule has 134 valence electrons. The van der Waals surface area contributed by atoms with Crippen molar-refractivity contribution in [2.75, 3.05) is 5.32 Å². The van der Waals surface area contributed by atoms with E-state index in [-0.39, 0.29) is 12.6 Å². The third kappa shape index (κ3) is 4.18. The summed E-state index contributed by atoms with van der Waals surface area (Å²) >= 11 is 0. The summed E-state index contributed by atoms with van der Waals surface area (Å²) in [7, 11) is 0. The van der Waals surface area contributed by atoms with Gasteiger partial charge in [-0.05, 0) is 48.8 Å². The minimum atomic E-state index is -0.244. The van der Waals surface area contributed by atoms with Crippen LogP contribution >= 0.6 is 0 Å². The molecule has 1 aliphatic rings. The highest BCUT2D eigenvalue weighted by Gasteiger charge is 2.29. The highest BCUT2D eigenvalue weighted by Crippen LogP contribution is 2.38. The van der Waals surface area contributed by atoms with E-state index in [2.05, 4.69) is 53.7 Å². The predicted octanol–water partition coefficient (Wildman–Crippen LogP) is 3.96. The van der Waals surface area contributed by atoms with Crippen LogP contribution in [0, 0.1) is 0 Å². The van der Waals surface area contributed by atoms with Crippen LogP contribution in [0.2, 0.25) is 0 Å². The molecule has 6 nitrogen and oxygen atoms in total. The average molecular weight is 342 g/mol. The molecular weight excluding hydrogens is 316 g/mol. The number of urea groups is 1. The number of nitrogens with one attached hydrogen (secondary N) is 2. The van der Waals surface area contributed by atoms with E-state index in [1.165, 1.54) is 16.7 Å². The molecule has 2 aromatic rings. The summed E-state index contributed by atoms with van der Waals surface area (Å²) < 4.78 is 5.20. The van der Waals surface area contributed by atoms with E-state index >= 15 is 0 Å². The lowest BCUT2D eigenvalue weighted by Crippen LogP contribution is -2.29. The molecule has 1 aliphatic carbocycles. The lowest BCUT2D eigenvalue weighted by molar-refractivity contribution is 0.251. The molecule has 0 aliphatic heterocycles. The number of amides is 2. The van der Waals surface area contributed by atoms with Crippen molar-refractivity contribution in [3.05, 3.63) is 40.5 Å². The van der Waals surface area contributed by atoms with Gasteiger partial charge in [0.05, 0.1) is 6.54 Å². The fourth-order valence-corrected chi connectivity index (χ4v) is 2.91. The van der Waals surface area contributed by atoms with E-state index in [1.807, 2.05) is 0 Å². The molecule has 6 heteroatoms. The molecule has 1 saturated carbocycles. The molecule has 0 atom stereocenters. The number of anilines is 1. The van der Waals surface area contributed by atoms with Gasteiger partial charge in [0.15, 0.2) is 5.82 Å². The Balaban J connectivity index is 1.65. The number of aromatic nitrogens is 2. The maximum atomic E-state index is 12.3. The zero-order chi connectivity index (χ0) is 17.8. The van der Waals surface area contributed by atoms with Gasteiger partial charge in [0.1, 0.15) is 0 Å². The Labute approximate surface area is 148 Å². The molecule has 0 radical (unpaired) electrons. The van der Waals surface area contributed by atoms with Crippen LogP contribution in [-0.4, -0.2) is 16.2 Å². The number of hydrogen-bond acceptors (Lipinski definition) is 4. The van der Waals surface area contributed by atoms with Crippen LogP contribution in [0.15, 0.2) is 16.7 Å². The lowest BCUT2D eigenvalue weighted by Gasteiger charge is -2.16. The summed E-state index contributed by atoms with van der Waals surface area (Å²) in [4.78, 5) is 16.6. The maximum absolute atomic E-state index is 12.3. The molecule has 0 unspecified atom stereocenters. The van der Waals surface area contributed by atoms with Gasteiger partial charge in [-0.1, -0.05) is 38.1 Å². The smallest absolute Gasteiger partial charge is 0.319 e. The molecule has 2 amide bonds. The van der Waals surface area contributed by atoms with Gasteiger partial charge < -0.3 is 15.2 Å². The summed E-state index contributed by atoms with van der Waals surface area (Å²) in [6.45, 7) is 6.62. The number of hydrogen-bond donors (Lipinski definition) is 2. The molecule has 0 saturated heterocycles. The van der Waals surface area contributed by atoms with Crippen molar-refractivity contribution in [1.82, 2.24) is 15.5 Å². The van der Waals surface area contributed by atoms with Crippen LogP contribution in [0.25, 0.3) is 0 Å². The summed E-state index contributed by atoms with van der Waals surface area (Å²) in [5.41, 5.74) is 4.56. The minimum absolute atomic E-state index is 0.244. The quantitative estimate of drug-likeness (QED) is 0.798. The van der Waals surface area contributed by atoms with E-state index in [4.69, 9.17) is 4.52 Å². The van der Waals surface area contributed by atoms with Crippen molar-refractivity contribution in [3.63, 3.8) is 0 Å². The Hall–Kier alpha value is -2.37. The van der Waals surface area contributed by atoms with Crippen molar-refractivity contribution in [1.29, 1.82) is 0 Å². The monoisotopic (exact) mass is 342 g/mol. The molecule has 1 heterocycles. The SMILES string of the molecule is CCc1cc(CC)c(NC(=O)NCc2noc(C3CC3)n2)c(CC)c1. The zero-order valence-electron chi connectivity index (χ0n) is 15.2. The number of carbonyl (C=O) groups excluding carboxylic acids is 1. The fraction of sp³-hybridized carbons (Fsp3) is 0.526. The number of benzene rings is 1. The maximum Gasteiger partial charge on any atom is 0.319 e. The van der Waals surface area contributed by atoms with Crippen molar-refractivity contribution in [2.24, 2.45) is 0 Å². The Morgan fingerprint density at radius 1 is 1.16 bits per heavy atom. The van der Waals surface area contributed by atoms with Crippen molar-refractivity contribution >= 4 is 11.7 Å². The van der Waals surface area contributed by atoms with Gasteiger partial charge in [-0.2, -0.15) is 4.98 Å².